The average molecular weight is 280 g/mol. The van der Waals surface area contributed by atoms with Crippen LogP contribution in [-0.2, 0) is 0 Å². The van der Waals surface area contributed by atoms with Crippen LogP contribution < -0.4 is 4.74 Å². The van der Waals surface area contributed by atoms with Gasteiger partial charge in [-0.05, 0) is 60.4 Å². The zero-order chi connectivity index (χ0) is 15.4. The molecule has 21 heavy (non-hydrogen) atoms. The molecule has 0 saturated carbocycles. The minimum atomic E-state index is 0.117. The minimum absolute atomic E-state index is 0.117. The Labute approximate surface area is 126 Å². The van der Waals surface area contributed by atoms with Crippen molar-refractivity contribution in [3.05, 3.63) is 60.7 Å². The molecule has 2 rings (SSSR count). The average Bonchev–Trinajstić information content (AvgIpc) is 2.46. The molecular formula is C19H20O2. The lowest BCUT2D eigenvalue weighted by Crippen LogP contribution is -2.05. The molecule has 0 fully saturated rings. The Balaban J connectivity index is 2.60. The van der Waals surface area contributed by atoms with Gasteiger partial charge in [0, 0.05) is 0 Å². The predicted octanol–water partition coefficient (Wildman–Crippen LogP) is 5.13. The van der Waals surface area contributed by atoms with Crippen LogP contribution in [0.25, 0.3) is 23.3 Å². The predicted molar refractivity (Wildman–Crippen MR) is 89.5 cm³/mol. The van der Waals surface area contributed by atoms with Crippen molar-refractivity contribution in [3.63, 3.8) is 0 Å². The van der Waals surface area contributed by atoms with Gasteiger partial charge in [-0.2, -0.15) is 0 Å². The van der Waals surface area contributed by atoms with Crippen molar-refractivity contribution in [3.8, 4) is 22.6 Å². The van der Waals surface area contributed by atoms with Crippen LogP contribution in [0.15, 0.2) is 49.6 Å². The normalized spacial score (nSPS) is 10.4. The van der Waals surface area contributed by atoms with Crippen molar-refractivity contribution in [2.75, 3.05) is 0 Å². The van der Waals surface area contributed by atoms with Gasteiger partial charge >= 0.3 is 0 Å². The van der Waals surface area contributed by atoms with Crippen molar-refractivity contribution in [1.82, 2.24) is 0 Å². The highest BCUT2D eigenvalue weighted by Gasteiger charge is 2.10. The second-order valence-electron chi connectivity index (χ2n) is 5.10. The van der Waals surface area contributed by atoms with E-state index >= 15 is 0 Å². The molecule has 0 spiro atoms. The molecule has 0 aliphatic rings. The van der Waals surface area contributed by atoms with Gasteiger partial charge in [0.2, 0.25) is 0 Å². The molecule has 0 unspecified atom stereocenters. The SMILES string of the molecule is C=Cc1cc(O)ccc1-c1cc(OC(C)C)ccc1C=C. The molecule has 0 aliphatic heterocycles. The maximum Gasteiger partial charge on any atom is 0.120 e. The van der Waals surface area contributed by atoms with Crippen LogP contribution in [0.1, 0.15) is 25.0 Å². The monoisotopic (exact) mass is 280 g/mol. The van der Waals surface area contributed by atoms with E-state index < -0.39 is 0 Å². The zero-order valence-corrected chi connectivity index (χ0v) is 12.5. The van der Waals surface area contributed by atoms with E-state index in [2.05, 4.69) is 13.2 Å². The Morgan fingerprint density at radius 1 is 0.952 bits per heavy atom. The van der Waals surface area contributed by atoms with Gasteiger partial charge in [-0.15, -0.1) is 0 Å². The van der Waals surface area contributed by atoms with Gasteiger partial charge < -0.3 is 9.84 Å². The zero-order valence-electron chi connectivity index (χ0n) is 12.5. The highest BCUT2D eigenvalue weighted by atomic mass is 16.5. The van der Waals surface area contributed by atoms with Crippen LogP contribution in [0.4, 0.5) is 0 Å². The number of aromatic hydroxyl groups is 1. The first-order valence-corrected chi connectivity index (χ1v) is 6.94. The van der Waals surface area contributed by atoms with Crippen molar-refractivity contribution in [1.29, 1.82) is 0 Å². The molecule has 1 N–H and O–H groups in total. The first kappa shape index (κ1) is 14.9. The summed E-state index contributed by atoms with van der Waals surface area (Å²) in [6.07, 6.45) is 3.66. The van der Waals surface area contributed by atoms with Crippen molar-refractivity contribution in [2.24, 2.45) is 0 Å². The van der Waals surface area contributed by atoms with Gasteiger partial charge in [-0.25, -0.2) is 0 Å². The summed E-state index contributed by atoms with van der Waals surface area (Å²) in [5.41, 5.74) is 3.89. The molecule has 0 aliphatic carbocycles. The largest absolute Gasteiger partial charge is 0.508 e. The van der Waals surface area contributed by atoms with E-state index in [9.17, 15) is 5.11 Å². The standard InChI is InChI=1S/C19H20O2/c1-5-14-7-9-17(21-13(3)4)12-19(14)18-10-8-16(20)11-15(18)6-2/h5-13,20H,1-2H2,3-4H3. The quantitative estimate of drug-likeness (QED) is 0.822. The van der Waals surface area contributed by atoms with Crippen LogP contribution in [0, 0.1) is 0 Å². The lowest BCUT2D eigenvalue weighted by Gasteiger charge is -2.15. The number of rotatable bonds is 5. The molecule has 2 nitrogen and oxygen atoms in total. The third-order valence-electron chi connectivity index (χ3n) is 3.16. The number of hydrogen-bond acceptors (Lipinski definition) is 2. The van der Waals surface area contributed by atoms with E-state index in [1.807, 2.05) is 44.2 Å². The Kier molecular flexibility index (Phi) is 4.49. The third kappa shape index (κ3) is 3.34. The molecule has 0 atom stereocenters. The van der Waals surface area contributed by atoms with Gasteiger partial charge in [-0.3, -0.25) is 0 Å². The molecule has 0 radical (unpaired) electrons. The topological polar surface area (TPSA) is 29.5 Å². The summed E-state index contributed by atoms with van der Waals surface area (Å²) in [6, 6.07) is 11.2. The highest BCUT2D eigenvalue weighted by molar-refractivity contribution is 5.82. The lowest BCUT2D eigenvalue weighted by atomic mass is 9.95. The second-order valence-corrected chi connectivity index (χ2v) is 5.10. The molecule has 0 saturated heterocycles. The summed E-state index contributed by atoms with van der Waals surface area (Å²) >= 11 is 0. The smallest absolute Gasteiger partial charge is 0.120 e. The lowest BCUT2D eigenvalue weighted by molar-refractivity contribution is 0.242. The maximum absolute atomic E-state index is 9.62. The van der Waals surface area contributed by atoms with Crippen molar-refractivity contribution < 1.29 is 9.84 Å². The number of benzene rings is 2. The maximum atomic E-state index is 9.62. The molecule has 0 heterocycles. The minimum Gasteiger partial charge on any atom is -0.508 e. The van der Waals surface area contributed by atoms with Crippen LogP contribution in [0.2, 0.25) is 0 Å². The fourth-order valence-corrected chi connectivity index (χ4v) is 2.26. The summed E-state index contributed by atoms with van der Waals surface area (Å²) in [5, 5.41) is 9.62. The Hall–Kier alpha value is -2.48. The summed E-state index contributed by atoms with van der Waals surface area (Å²) in [5.74, 6) is 1.04. The number of phenols is 1. The number of phenolic OH excluding ortho intramolecular Hbond substituents is 1. The van der Waals surface area contributed by atoms with Gasteiger partial charge in [0.25, 0.3) is 0 Å². The van der Waals surface area contributed by atoms with Crippen LogP contribution >= 0.6 is 0 Å². The van der Waals surface area contributed by atoms with Crippen LogP contribution in [-0.4, -0.2) is 11.2 Å². The summed E-state index contributed by atoms with van der Waals surface area (Å²) in [6.45, 7) is 11.7. The summed E-state index contributed by atoms with van der Waals surface area (Å²) in [4.78, 5) is 0. The first-order valence-electron chi connectivity index (χ1n) is 6.94. The van der Waals surface area contributed by atoms with Gasteiger partial charge in [0.05, 0.1) is 6.10 Å². The van der Waals surface area contributed by atoms with E-state index in [0.29, 0.717) is 0 Å². The van der Waals surface area contributed by atoms with Crippen molar-refractivity contribution in [2.45, 2.75) is 20.0 Å². The molecule has 0 aromatic heterocycles. The number of hydrogen-bond donors (Lipinski definition) is 1. The Morgan fingerprint density at radius 2 is 1.67 bits per heavy atom. The van der Waals surface area contributed by atoms with Crippen molar-refractivity contribution >= 4 is 12.2 Å². The molecule has 2 aromatic rings. The van der Waals surface area contributed by atoms with Gasteiger partial charge in [-0.1, -0.05) is 37.4 Å². The molecular weight excluding hydrogens is 260 g/mol. The van der Waals surface area contributed by atoms with E-state index in [4.69, 9.17) is 4.74 Å². The highest BCUT2D eigenvalue weighted by Crippen LogP contribution is 2.33. The molecule has 0 amide bonds. The molecule has 2 aromatic carbocycles. The van der Waals surface area contributed by atoms with E-state index in [1.165, 1.54) is 0 Å². The fourth-order valence-electron chi connectivity index (χ4n) is 2.26. The Bertz CT molecular complexity index is 669. The molecule has 2 heteroatoms. The summed E-state index contributed by atoms with van der Waals surface area (Å²) < 4.78 is 5.76. The van der Waals surface area contributed by atoms with E-state index in [1.54, 1.807) is 18.2 Å². The molecule has 0 bridgehead atoms. The van der Waals surface area contributed by atoms with Crippen LogP contribution in [0.3, 0.4) is 0 Å². The third-order valence-corrected chi connectivity index (χ3v) is 3.16. The van der Waals surface area contributed by atoms with E-state index in [-0.39, 0.29) is 11.9 Å². The van der Waals surface area contributed by atoms with Gasteiger partial charge in [0.15, 0.2) is 0 Å². The number of ether oxygens (including phenoxy) is 1. The van der Waals surface area contributed by atoms with Gasteiger partial charge in [0.1, 0.15) is 11.5 Å². The van der Waals surface area contributed by atoms with E-state index in [0.717, 1.165) is 28.0 Å². The summed E-state index contributed by atoms with van der Waals surface area (Å²) in [7, 11) is 0. The fraction of sp³-hybridized carbons (Fsp3) is 0.158. The van der Waals surface area contributed by atoms with Crippen LogP contribution in [0.5, 0.6) is 11.5 Å². The first-order chi connectivity index (χ1) is 10.0. The molecule has 108 valence electrons. The Morgan fingerprint density at radius 3 is 2.29 bits per heavy atom. The second kappa shape index (κ2) is 6.31.